The molecule has 10 nitrogen and oxygen atoms in total. The highest BCUT2D eigenvalue weighted by molar-refractivity contribution is 5.96. The van der Waals surface area contributed by atoms with E-state index < -0.39 is 47.4 Å². The van der Waals surface area contributed by atoms with E-state index in [1.54, 1.807) is 38.2 Å². The molecule has 4 amide bonds. The molecule has 0 aromatic heterocycles. The number of hydrogen-bond donors (Lipinski definition) is 5. The van der Waals surface area contributed by atoms with Gasteiger partial charge in [-0.1, -0.05) is 68.8 Å². The number of aliphatic hydroxyl groups excluding tert-OH is 1. The molecular weight excluding hydrogens is 522 g/mol. The van der Waals surface area contributed by atoms with Crippen LogP contribution in [0.15, 0.2) is 54.6 Å². The molecule has 2 aromatic rings. The third-order valence-electron chi connectivity index (χ3n) is 7.46. The van der Waals surface area contributed by atoms with Crippen molar-refractivity contribution in [2.24, 2.45) is 5.41 Å². The summed E-state index contributed by atoms with van der Waals surface area (Å²) in [5.41, 5.74) is 1.56. The molecule has 0 saturated carbocycles. The van der Waals surface area contributed by atoms with Crippen molar-refractivity contribution < 1.29 is 24.3 Å². The van der Waals surface area contributed by atoms with Crippen LogP contribution in [-0.2, 0) is 14.4 Å². The first-order valence-electron chi connectivity index (χ1n) is 14.0. The summed E-state index contributed by atoms with van der Waals surface area (Å²) in [6.45, 7) is 8.93. The van der Waals surface area contributed by atoms with Gasteiger partial charge in [0, 0.05) is 18.2 Å². The van der Waals surface area contributed by atoms with E-state index in [1.807, 2.05) is 58.0 Å². The standard InChI is InChI=1S/C31H43N5O5/c1-19-12-14-22(15-13-19)28(39)33-23-16-25(29(40)34-24(18-37)21-10-8-7-9-11-21)36(17-23)30(41)26(31(3,4)5)35-27(38)20(2)32-6/h7-15,20,23-26,32,37H,16-18H2,1-6H3,(H,33,39)(H,34,40)(H,35,38)/t20-,23-,24+,25-,26+/m0/s1. The zero-order valence-electron chi connectivity index (χ0n) is 24.7. The molecule has 1 aliphatic heterocycles. The quantitative estimate of drug-likeness (QED) is 0.297. The van der Waals surface area contributed by atoms with Crippen LogP contribution in [0.5, 0.6) is 0 Å². The van der Waals surface area contributed by atoms with E-state index in [-0.39, 0.29) is 31.4 Å². The fourth-order valence-corrected chi connectivity index (χ4v) is 4.81. The Morgan fingerprint density at radius 1 is 1.00 bits per heavy atom. The minimum Gasteiger partial charge on any atom is -0.394 e. The number of carbonyl (C=O) groups excluding carboxylic acids is 4. The van der Waals surface area contributed by atoms with Crippen LogP contribution in [-0.4, -0.2) is 78.0 Å². The number of nitrogens with zero attached hydrogens (tertiary/aromatic N) is 1. The van der Waals surface area contributed by atoms with Crippen LogP contribution in [0, 0.1) is 12.3 Å². The molecule has 0 aliphatic carbocycles. The molecule has 5 N–H and O–H groups in total. The maximum Gasteiger partial charge on any atom is 0.251 e. The Morgan fingerprint density at radius 3 is 2.20 bits per heavy atom. The SMILES string of the molecule is CN[C@@H](C)C(=O)N[C@H](C(=O)N1C[C@@H](NC(=O)c2ccc(C)cc2)C[C@H]1C(=O)N[C@H](CO)c1ccccc1)C(C)(C)C. The summed E-state index contributed by atoms with van der Waals surface area (Å²) in [5.74, 6) is -1.50. The fraction of sp³-hybridized carbons (Fsp3) is 0.484. The molecule has 1 saturated heterocycles. The molecule has 1 heterocycles. The van der Waals surface area contributed by atoms with Crippen LogP contribution in [0.3, 0.4) is 0 Å². The fourth-order valence-electron chi connectivity index (χ4n) is 4.81. The third-order valence-corrected chi connectivity index (χ3v) is 7.46. The Hall–Kier alpha value is -3.76. The minimum absolute atomic E-state index is 0.0910. The number of aliphatic hydroxyl groups is 1. The summed E-state index contributed by atoms with van der Waals surface area (Å²) in [6.07, 6.45) is 0.180. The van der Waals surface area contributed by atoms with Crippen LogP contribution in [0.25, 0.3) is 0 Å². The van der Waals surface area contributed by atoms with Gasteiger partial charge in [0.15, 0.2) is 0 Å². The molecule has 0 spiro atoms. The van der Waals surface area contributed by atoms with Crippen molar-refractivity contribution in [2.45, 2.75) is 71.2 Å². The van der Waals surface area contributed by atoms with Gasteiger partial charge in [-0.2, -0.15) is 0 Å². The zero-order chi connectivity index (χ0) is 30.3. The highest BCUT2D eigenvalue weighted by atomic mass is 16.3. The van der Waals surface area contributed by atoms with Gasteiger partial charge in [0.2, 0.25) is 17.7 Å². The van der Waals surface area contributed by atoms with Gasteiger partial charge in [-0.05, 0) is 50.4 Å². The molecule has 0 unspecified atom stereocenters. The normalized spacial score (nSPS) is 19.1. The van der Waals surface area contributed by atoms with Crippen molar-refractivity contribution >= 4 is 23.6 Å². The summed E-state index contributed by atoms with van der Waals surface area (Å²) >= 11 is 0. The second-order valence-electron chi connectivity index (χ2n) is 11.8. The zero-order valence-corrected chi connectivity index (χ0v) is 24.7. The van der Waals surface area contributed by atoms with Gasteiger partial charge in [-0.25, -0.2) is 0 Å². The summed E-state index contributed by atoms with van der Waals surface area (Å²) in [5, 5.41) is 21.6. The average molecular weight is 566 g/mol. The first-order chi connectivity index (χ1) is 19.3. The number of rotatable bonds is 10. The molecule has 0 radical (unpaired) electrons. The molecule has 0 bridgehead atoms. The van der Waals surface area contributed by atoms with Crippen molar-refractivity contribution in [1.82, 2.24) is 26.2 Å². The van der Waals surface area contributed by atoms with Gasteiger partial charge in [-0.15, -0.1) is 0 Å². The molecule has 222 valence electrons. The lowest BCUT2D eigenvalue weighted by Gasteiger charge is -2.36. The number of likely N-dealkylation sites (N-methyl/N-ethyl adjacent to an activating group) is 1. The Bertz CT molecular complexity index is 1210. The Labute approximate surface area is 242 Å². The van der Waals surface area contributed by atoms with Gasteiger partial charge in [-0.3, -0.25) is 19.2 Å². The van der Waals surface area contributed by atoms with Gasteiger partial charge in [0.25, 0.3) is 5.91 Å². The molecule has 41 heavy (non-hydrogen) atoms. The topological polar surface area (TPSA) is 140 Å². The number of likely N-dealkylation sites (tertiary alicyclic amines) is 1. The molecule has 1 fully saturated rings. The third kappa shape index (κ3) is 8.14. The monoisotopic (exact) mass is 565 g/mol. The summed E-state index contributed by atoms with van der Waals surface area (Å²) in [4.78, 5) is 55.0. The van der Waals surface area contributed by atoms with E-state index in [0.717, 1.165) is 11.1 Å². The van der Waals surface area contributed by atoms with Crippen LogP contribution < -0.4 is 21.3 Å². The van der Waals surface area contributed by atoms with E-state index >= 15 is 0 Å². The molecule has 3 rings (SSSR count). The summed E-state index contributed by atoms with van der Waals surface area (Å²) in [7, 11) is 1.66. The first kappa shape index (κ1) is 31.8. The Balaban J connectivity index is 1.88. The highest BCUT2D eigenvalue weighted by Gasteiger charge is 2.45. The summed E-state index contributed by atoms with van der Waals surface area (Å²) < 4.78 is 0. The van der Waals surface area contributed by atoms with E-state index in [1.165, 1.54) is 4.90 Å². The highest BCUT2D eigenvalue weighted by Crippen LogP contribution is 2.27. The van der Waals surface area contributed by atoms with Crippen molar-refractivity contribution in [3.05, 3.63) is 71.3 Å². The second-order valence-corrected chi connectivity index (χ2v) is 11.8. The number of amides is 4. The van der Waals surface area contributed by atoms with Crippen molar-refractivity contribution in [2.75, 3.05) is 20.2 Å². The van der Waals surface area contributed by atoms with Crippen molar-refractivity contribution in [3.8, 4) is 0 Å². The van der Waals surface area contributed by atoms with Crippen LogP contribution >= 0.6 is 0 Å². The van der Waals surface area contributed by atoms with Crippen LogP contribution in [0.2, 0.25) is 0 Å². The molecule has 5 atom stereocenters. The number of aryl methyl sites for hydroxylation is 1. The number of carbonyl (C=O) groups is 4. The number of nitrogens with one attached hydrogen (secondary N) is 4. The smallest absolute Gasteiger partial charge is 0.251 e. The van der Waals surface area contributed by atoms with Crippen molar-refractivity contribution in [3.63, 3.8) is 0 Å². The van der Waals surface area contributed by atoms with E-state index in [9.17, 15) is 24.3 Å². The largest absolute Gasteiger partial charge is 0.394 e. The van der Waals surface area contributed by atoms with Crippen molar-refractivity contribution in [1.29, 1.82) is 0 Å². The van der Waals surface area contributed by atoms with E-state index in [0.29, 0.717) is 5.56 Å². The van der Waals surface area contributed by atoms with Crippen LogP contribution in [0.1, 0.15) is 61.6 Å². The van der Waals surface area contributed by atoms with Gasteiger partial charge >= 0.3 is 0 Å². The lowest BCUT2D eigenvalue weighted by molar-refractivity contribution is -0.144. The summed E-state index contributed by atoms with van der Waals surface area (Å²) in [6, 6.07) is 12.7. The maximum atomic E-state index is 14.1. The Morgan fingerprint density at radius 2 is 1.63 bits per heavy atom. The average Bonchev–Trinajstić information content (AvgIpc) is 3.37. The molecule has 1 aliphatic rings. The molecule has 2 aromatic carbocycles. The van der Waals surface area contributed by atoms with Gasteiger partial charge in [0.1, 0.15) is 12.1 Å². The van der Waals surface area contributed by atoms with Crippen LogP contribution in [0.4, 0.5) is 0 Å². The second kappa shape index (κ2) is 13.7. The maximum absolute atomic E-state index is 14.1. The molecule has 10 heteroatoms. The lowest BCUT2D eigenvalue weighted by Crippen LogP contribution is -2.59. The van der Waals surface area contributed by atoms with E-state index in [2.05, 4.69) is 21.3 Å². The van der Waals surface area contributed by atoms with E-state index in [4.69, 9.17) is 0 Å². The predicted molar refractivity (Wildman–Crippen MR) is 157 cm³/mol. The lowest BCUT2D eigenvalue weighted by atomic mass is 9.85. The minimum atomic E-state index is -0.924. The predicted octanol–water partition coefficient (Wildman–Crippen LogP) is 1.68. The van der Waals surface area contributed by atoms with Gasteiger partial charge < -0.3 is 31.3 Å². The van der Waals surface area contributed by atoms with Gasteiger partial charge in [0.05, 0.1) is 18.7 Å². The Kier molecular flexibility index (Phi) is 10.6. The molecular formula is C31H43N5O5. The number of hydrogen-bond acceptors (Lipinski definition) is 6. The first-order valence-corrected chi connectivity index (χ1v) is 14.0. The number of benzene rings is 2.